The lowest BCUT2D eigenvalue weighted by Gasteiger charge is -2.37. The van der Waals surface area contributed by atoms with E-state index in [9.17, 15) is 4.79 Å². The maximum atomic E-state index is 12.6. The fourth-order valence-electron chi connectivity index (χ4n) is 3.53. The summed E-state index contributed by atoms with van der Waals surface area (Å²) in [7, 11) is 1.96. The van der Waals surface area contributed by atoms with Crippen LogP contribution in [0, 0.1) is 6.92 Å². The number of rotatable bonds is 7. The Morgan fingerprint density at radius 3 is 2.66 bits per heavy atom. The molecule has 3 rings (SSSR count). The van der Waals surface area contributed by atoms with Gasteiger partial charge in [-0.2, -0.15) is 11.8 Å². The molecule has 10 heteroatoms. The van der Waals surface area contributed by atoms with E-state index >= 15 is 0 Å². The van der Waals surface area contributed by atoms with Crippen LogP contribution in [0.25, 0.3) is 0 Å². The van der Waals surface area contributed by atoms with Crippen molar-refractivity contribution in [3.63, 3.8) is 0 Å². The normalized spacial score (nSPS) is 20.4. The van der Waals surface area contributed by atoms with Crippen molar-refractivity contribution in [3.05, 3.63) is 11.6 Å². The Hall–Kier alpha value is -1.81. The van der Waals surface area contributed by atoms with Gasteiger partial charge in [0.25, 0.3) is 5.91 Å². The topological polar surface area (TPSA) is 87.9 Å². The molecule has 1 unspecified atom stereocenters. The summed E-state index contributed by atoms with van der Waals surface area (Å²) in [6.45, 7) is 6.94. The minimum atomic E-state index is -0.237. The second-order valence-corrected chi connectivity index (χ2v) is 8.44. The van der Waals surface area contributed by atoms with Gasteiger partial charge < -0.3 is 24.4 Å². The first-order valence-electron chi connectivity index (χ1n) is 10.4. The van der Waals surface area contributed by atoms with Gasteiger partial charge in [-0.3, -0.25) is 4.79 Å². The van der Waals surface area contributed by atoms with Gasteiger partial charge in [0, 0.05) is 46.4 Å². The molecule has 29 heavy (non-hydrogen) atoms. The molecule has 162 valence electrons. The number of carbonyl (C=O) groups is 1. The standard InChI is InChI=1S/C19H33N7O2S/c1-15-22-23-17(24(15)2)14-21-19(20-7-5-13-29-3)26-10-8-25(9-11-26)18(27)16-6-4-12-28-16/h16H,4-14H2,1-3H3,(H,20,21). The van der Waals surface area contributed by atoms with Gasteiger partial charge in [-0.25, -0.2) is 4.99 Å². The summed E-state index contributed by atoms with van der Waals surface area (Å²) in [5.41, 5.74) is 0. The molecule has 0 saturated carbocycles. The predicted molar refractivity (Wildman–Crippen MR) is 115 cm³/mol. The highest BCUT2D eigenvalue weighted by Gasteiger charge is 2.31. The van der Waals surface area contributed by atoms with Gasteiger partial charge in [-0.15, -0.1) is 10.2 Å². The van der Waals surface area contributed by atoms with Crippen molar-refractivity contribution in [2.45, 2.75) is 38.8 Å². The van der Waals surface area contributed by atoms with Gasteiger partial charge >= 0.3 is 0 Å². The molecular formula is C19H33N7O2S. The number of thioether (sulfide) groups is 1. The molecule has 2 aliphatic rings. The number of nitrogens with one attached hydrogen (secondary N) is 1. The summed E-state index contributed by atoms with van der Waals surface area (Å²) in [6.07, 6.45) is 4.80. The number of piperazine rings is 1. The lowest BCUT2D eigenvalue weighted by Crippen LogP contribution is -2.55. The van der Waals surface area contributed by atoms with Gasteiger partial charge in [-0.05, 0) is 38.2 Å². The molecule has 2 saturated heterocycles. The van der Waals surface area contributed by atoms with Crippen LogP contribution >= 0.6 is 11.8 Å². The Morgan fingerprint density at radius 1 is 1.28 bits per heavy atom. The Balaban J connectivity index is 1.59. The van der Waals surface area contributed by atoms with Crippen LogP contribution in [0.15, 0.2) is 4.99 Å². The molecule has 1 N–H and O–H groups in total. The van der Waals surface area contributed by atoms with Crippen LogP contribution in [0.4, 0.5) is 0 Å². The molecule has 0 radical (unpaired) electrons. The fraction of sp³-hybridized carbons (Fsp3) is 0.789. The van der Waals surface area contributed by atoms with Crippen molar-refractivity contribution < 1.29 is 9.53 Å². The number of aromatic nitrogens is 3. The first kappa shape index (κ1) is 21.9. The van der Waals surface area contributed by atoms with Crippen LogP contribution in [-0.4, -0.2) is 93.9 Å². The average molecular weight is 424 g/mol. The van der Waals surface area contributed by atoms with E-state index in [4.69, 9.17) is 9.73 Å². The molecular weight excluding hydrogens is 390 g/mol. The second-order valence-electron chi connectivity index (χ2n) is 7.45. The van der Waals surface area contributed by atoms with Crippen LogP contribution in [-0.2, 0) is 23.1 Å². The molecule has 0 aliphatic carbocycles. The highest BCUT2D eigenvalue weighted by molar-refractivity contribution is 7.98. The Kier molecular flexibility index (Phi) is 8.17. The third-order valence-electron chi connectivity index (χ3n) is 5.46. The Labute approximate surface area is 177 Å². The monoisotopic (exact) mass is 423 g/mol. The van der Waals surface area contributed by atoms with E-state index in [0.29, 0.717) is 26.2 Å². The summed E-state index contributed by atoms with van der Waals surface area (Å²) in [5.74, 6) is 3.87. The van der Waals surface area contributed by atoms with Crippen molar-refractivity contribution in [1.29, 1.82) is 0 Å². The summed E-state index contributed by atoms with van der Waals surface area (Å²) < 4.78 is 7.53. The molecule has 2 aliphatic heterocycles. The van der Waals surface area contributed by atoms with Gasteiger partial charge in [0.05, 0.1) is 0 Å². The SMILES string of the molecule is CSCCCNC(=NCc1nnc(C)n1C)N1CCN(C(=O)C2CCCO2)CC1. The van der Waals surface area contributed by atoms with Crippen molar-refractivity contribution in [1.82, 2.24) is 29.9 Å². The van der Waals surface area contributed by atoms with Crippen LogP contribution in [0.1, 0.15) is 30.9 Å². The van der Waals surface area contributed by atoms with E-state index in [2.05, 4.69) is 26.7 Å². The number of aliphatic imine (C=N–C) groups is 1. The fourth-order valence-corrected chi connectivity index (χ4v) is 3.97. The van der Waals surface area contributed by atoms with Crippen molar-refractivity contribution >= 4 is 23.6 Å². The summed E-state index contributed by atoms with van der Waals surface area (Å²) in [5, 5.41) is 11.8. The minimum Gasteiger partial charge on any atom is -0.368 e. The van der Waals surface area contributed by atoms with Crippen LogP contribution < -0.4 is 5.32 Å². The lowest BCUT2D eigenvalue weighted by molar-refractivity contribution is -0.142. The number of hydrogen-bond donors (Lipinski definition) is 1. The molecule has 3 heterocycles. The minimum absolute atomic E-state index is 0.142. The molecule has 1 amide bonds. The van der Waals surface area contributed by atoms with E-state index in [0.717, 1.165) is 62.3 Å². The van der Waals surface area contributed by atoms with Crippen LogP contribution in [0.2, 0.25) is 0 Å². The third-order valence-corrected chi connectivity index (χ3v) is 6.15. The van der Waals surface area contributed by atoms with Crippen molar-refractivity contribution in [2.24, 2.45) is 12.0 Å². The molecule has 1 aromatic rings. The largest absolute Gasteiger partial charge is 0.368 e. The molecule has 1 aromatic heterocycles. The van der Waals surface area contributed by atoms with E-state index in [1.807, 2.05) is 35.2 Å². The molecule has 0 bridgehead atoms. The Morgan fingerprint density at radius 2 is 2.03 bits per heavy atom. The molecule has 9 nitrogen and oxygen atoms in total. The van der Waals surface area contributed by atoms with E-state index < -0.39 is 0 Å². The number of hydrogen-bond acceptors (Lipinski definition) is 6. The van der Waals surface area contributed by atoms with Gasteiger partial charge in [0.2, 0.25) is 0 Å². The van der Waals surface area contributed by atoms with Crippen LogP contribution in [0.3, 0.4) is 0 Å². The molecule has 2 fully saturated rings. The van der Waals surface area contributed by atoms with Gasteiger partial charge in [0.1, 0.15) is 18.5 Å². The molecule has 1 atom stereocenters. The number of guanidine groups is 1. The van der Waals surface area contributed by atoms with E-state index in [-0.39, 0.29) is 12.0 Å². The quantitative estimate of drug-likeness (QED) is 0.391. The lowest BCUT2D eigenvalue weighted by atomic mass is 10.2. The Bertz CT molecular complexity index is 695. The van der Waals surface area contributed by atoms with Crippen LogP contribution in [0.5, 0.6) is 0 Å². The molecule has 0 spiro atoms. The number of carbonyl (C=O) groups excluding carboxylic acids is 1. The number of nitrogens with zero attached hydrogens (tertiary/aromatic N) is 6. The van der Waals surface area contributed by atoms with E-state index in [1.165, 1.54) is 0 Å². The molecule has 0 aromatic carbocycles. The second kappa shape index (κ2) is 10.8. The maximum Gasteiger partial charge on any atom is 0.251 e. The number of amides is 1. The average Bonchev–Trinajstić information content (AvgIpc) is 3.39. The zero-order valence-electron chi connectivity index (χ0n) is 17.8. The highest BCUT2D eigenvalue weighted by Crippen LogP contribution is 2.16. The van der Waals surface area contributed by atoms with E-state index in [1.54, 1.807) is 0 Å². The smallest absolute Gasteiger partial charge is 0.251 e. The van der Waals surface area contributed by atoms with Gasteiger partial charge in [-0.1, -0.05) is 0 Å². The highest BCUT2D eigenvalue weighted by atomic mass is 32.2. The first-order valence-corrected chi connectivity index (χ1v) is 11.8. The summed E-state index contributed by atoms with van der Waals surface area (Å²) in [4.78, 5) is 21.6. The first-order chi connectivity index (χ1) is 14.1. The predicted octanol–water partition coefficient (Wildman–Crippen LogP) is 0.645. The zero-order chi connectivity index (χ0) is 20.6. The van der Waals surface area contributed by atoms with Gasteiger partial charge in [0.15, 0.2) is 11.8 Å². The third kappa shape index (κ3) is 5.85. The number of aryl methyl sites for hydroxylation is 1. The zero-order valence-corrected chi connectivity index (χ0v) is 18.6. The van der Waals surface area contributed by atoms with Crippen molar-refractivity contribution in [3.8, 4) is 0 Å². The van der Waals surface area contributed by atoms with Crippen molar-refractivity contribution in [2.75, 3.05) is 51.3 Å². The summed E-state index contributed by atoms with van der Waals surface area (Å²) in [6, 6.07) is 0. The maximum absolute atomic E-state index is 12.6. The number of ether oxygens (including phenoxy) is 1. The summed E-state index contributed by atoms with van der Waals surface area (Å²) >= 11 is 1.85.